The molecular formula is C24H32N4O3S. The molecule has 32 heavy (non-hydrogen) atoms. The summed E-state index contributed by atoms with van der Waals surface area (Å²) in [7, 11) is -1.59. The van der Waals surface area contributed by atoms with Gasteiger partial charge in [0.1, 0.15) is 0 Å². The molecular weight excluding hydrogens is 424 g/mol. The molecule has 0 radical (unpaired) electrons. The van der Waals surface area contributed by atoms with Crippen molar-refractivity contribution in [1.82, 2.24) is 15.0 Å². The second kappa shape index (κ2) is 9.58. The number of benzene rings is 1. The summed E-state index contributed by atoms with van der Waals surface area (Å²) in [5, 5.41) is 3.04. The SMILES string of the molecule is CC(NC(=O)C1CCC(NS(=O)(=O)c2ccc3c(c2)N(C)CCC3)CC1)c1ccccn1. The van der Waals surface area contributed by atoms with E-state index in [4.69, 9.17) is 0 Å². The molecule has 1 amide bonds. The van der Waals surface area contributed by atoms with E-state index in [1.54, 1.807) is 18.3 Å². The third kappa shape index (κ3) is 5.13. The van der Waals surface area contributed by atoms with Gasteiger partial charge < -0.3 is 10.2 Å². The predicted molar refractivity (Wildman–Crippen MR) is 125 cm³/mol. The lowest BCUT2D eigenvalue weighted by molar-refractivity contribution is -0.126. The Labute approximate surface area is 190 Å². The van der Waals surface area contributed by atoms with Gasteiger partial charge in [0.2, 0.25) is 15.9 Å². The Bertz CT molecular complexity index is 1050. The fraction of sp³-hybridized carbons (Fsp3) is 0.500. The summed E-state index contributed by atoms with van der Waals surface area (Å²) in [4.78, 5) is 19.4. The van der Waals surface area contributed by atoms with Gasteiger partial charge in [0.25, 0.3) is 0 Å². The minimum atomic E-state index is -3.60. The molecule has 172 valence electrons. The topological polar surface area (TPSA) is 91.4 Å². The number of carbonyl (C=O) groups excluding carboxylic acids is 1. The summed E-state index contributed by atoms with van der Waals surface area (Å²) >= 11 is 0. The Morgan fingerprint density at radius 3 is 2.66 bits per heavy atom. The molecule has 1 aliphatic carbocycles. The molecule has 7 nitrogen and oxygen atoms in total. The van der Waals surface area contributed by atoms with E-state index in [0.29, 0.717) is 30.6 Å². The maximum absolute atomic E-state index is 13.0. The Morgan fingerprint density at radius 2 is 1.94 bits per heavy atom. The molecule has 2 N–H and O–H groups in total. The lowest BCUT2D eigenvalue weighted by Crippen LogP contribution is -2.41. The van der Waals surface area contributed by atoms with Gasteiger partial charge in [-0.25, -0.2) is 13.1 Å². The molecule has 1 aromatic heterocycles. The van der Waals surface area contributed by atoms with Gasteiger partial charge in [0.15, 0.2) is 0 Å². The van der Waals surface area contributed by atoms with Crippen LogP contribution >= 0.6 is 0 Å². The number of rotatable bonds is 6. The van der Waals surface area contributed by atoms with Crippen LogP contribution in [-0.2, 0) is 21.2 Å². The first-order valence-corrected chi connectivity index (χ1v) is 12.9. The Morgan fingerprint density at radius 1 is 1.16 bits per heavy atom. The highest BCUT2D eigenvalue weighted by molar-refractivity contribution is 7.89. The van der Waals surface area contributed by atoms with E-state index in [1.807, 2.05) is 38.2 Å². The van der Waals surface area contributed by atoms with Crippen LogP contribution in [0.5, 0.6) is 0 Å². The molecule has 2 aromatic rings. The first kappa shape index (κ1) is 22.7. The molecule has 8 heteroatoms. The van der Waals surface area contributed by atoms with Crippen molar-refractivity contribution in [2.24, 2.45) is 5.92 Å². The summed E-state index contributed by atoms with van der Waals surface area (Å²) in [6, 6.07) is 10.8. The van der Waals surface area contributed by atoms with Crippen LogP contribution < -0.4 is 14.9 Å². The average molecular weight is 457 g/mol. The Kier molecular flexibility index (Phi) is 6.81. The van der Waals surface area contributed by atoms with Crippen LogP contribution in [0.25, 0.3) is 0 Å². The number of carbonyl (C=O) groups is 1. The quantitative estimate of drug-likeness (QED) is 0.697. The maximum Gasteiger partial charge on any atom is 0.240 e. The van der Waals surface area contributed by atoms with Crippen LogP contribution in [0.2, 0.25) is 0 Å². The van der Waals surface area contributed by atoms with Crippen molar-refractivity contribution in [2.45, 2.75) is 62.4 Å². The van der Waals surface area contributed by atoms with Crippen LogP contribution in [0.1, 0.15) is 56.3 Å². The molecule has 1 unspecified atom stereocenters. The third-order valence-electron chi connectivity index (χ3n) is 6.63. The summed E-state index contributed by atoms with van der Waals surface area (Å²) in [6.07, 6.45) is 6.43. The highest BCUT2D eigenvalue weighted by Crippen LogP contribution is 2.30. The van der Waals surface area contributed by atoms with Crippen LogP contribution in [0.3, 0.4) is 0 Å². The Balaban J connectivity index is 1.32. The second-order valence-corrected chi connectivity index (χ2v) is 10.7. The highest BCUT2D eigenvalue weighted by atomic mass is 32.2. The molecule has 0 bridgehead atoms. The van der Waals surface area contributed by atoms with E-state index in [1.165, 1.54) is 5.56 Å². The first-order chi connectivity index (χ1) is 15.3. The molecule has 4 rings (SSSR count). The van der Waals surface area contributed by atoms with E-state index in [0.717, 1.165) is 30.8 Å². The zero-order chi connectivity index (χ0) is 22.7. The number of aromatic nitrogens is 1. The van der Waals surface area contributed by atoms with E-state index >= 15 is 0 Å². The van der Waals surface area contributed by atoms with Gasteiger partial charge in [-0.3, -0.25) is 9.78 Å². The smallest absolute Gasteiger partial charge is 0.240 e. The summed E-state index contributed by atoms with van der Waals surface area (Å²) in [6.45, 7) is 2.87. The van der Waals surface area contributed by atoms with Gasteiger partial charge >= 0.3 is 0 Å². The van der Waals surface area contributed by atoms with Crippen LogP contribution in [-0.4, -0.2) is 38.9 Å². The fourth-order valence-electron chi connectivity index (χ4n) is 4.70. The largest absolute Gasteiger partial charge is 0.374 e. The van der Waals surface area contributed by atoms with Crippen molar-refractivity contribution in [3.05, 3.63) is 53.9 Å². The lowest BCUT2D eigenvalue weighted by Gasteiger charge is -2.30. The summed E-state index contributed by atoms with van der Waals surface area (Å²) in [5.41, 5.74) is 3.03. The molecule has 2 heterocycles. The lowest BCUT2D eigenvalue weighted by atomic mass is 9.86. The normalized spacial score (nSPS) is 22.1. The number of hydrogen-bond donors (Lipinski definition) is 2. The van der Waals surface area contributed by atoms with E-state index in [9.17, 15) is 13.2 Å². The number of nitrogens with one attached hydrogen (secondary N) is 2. The van der Waals surface area contributed by atoms with Crippen molar-refractivity contribution < 1.29 is 13.2 Å². The van der Waals surface area contributed by atoms with Crippen LogP contribution in [0, 0.1) is 5.92 Å². The Hall–Kier alpha value is -2.45. The van der Waals surface area contributed by atoms with Gasteiger partial charge in [-0.1, -0.05) is 12.1 Å². The fourth-order valence-corrected chi connectivity index (χ4v) is 6.03. The first-order valence-electron chi connectivity index (χ1n) is 11.4. The zero-order valence-corrected chi connectivity index (χ0v) is 19.6. The number of aryl methyl sites for hydroxylation is 1. The second-order valence-electron chi connectivity index (χ2n) is 8.97. The predicted octanol–water partition coefficient (Wildman–Crippen LogP) is 3.18. The minimum absolute atomic E-state index is 0.0159. The standard InChI is InChI=1S/C24H32N4O3S/c1-17(22-7-3-4-14-25-22)26-24(29)19-8-11-20(12-9-19)27-32(30,31)21-13-10-18-6-5-15-28(2)23(18)16-21/h3-4,7,10,13-14,16-17,19-20,27H,5-6,8-9,11-12,15H2,1-2H3,(H,26,29). The highest BCUT2D eigenvalue weighted by Gasteiger charge is 2.30. The molecule has 2 aliphatic rings. The monoisotopic (exact) mass is 456 g/mol. The van der Waals surface area contributed by atoms with Crippen molar-refractivity contribution >= 4 is 21.6 Å². The van der Waals surface area contributed by atoms with Crippen molar-refractivity contribution in [3.8, 4) is 0 Å². The number of hydrogen-bond acceptors (Lipinski definition) is 5. The van der Waals surface area contributed by atoms with E-state index < -0.39 is 10.0 Å². The average Bonchev–Trinajstić information content (AvgIpc) is 2.80. The number of anilines is 1. The molecule has 0 spiro atoms. The molecule has 1 fully saturated rings. The van der Waals surface area contributed by atoms with E-state index in [-0.39, 0.29) is 23.9 Å². The van der Waals surface area contributed by atoms with Gasteiger partial charge in [-0.05, 0) is 75.3 Å². The van der Waals surface area contributed by atoms with Gasteiger partial charge in [-0.2, -0.15) is 0 Å². The van der Waals surface area contributed by atoms with Crippen molar-refractivity contribution in [1.29, 1.82) is 0 Å². The number of sulfonamides is 1. The van der Waals surface area contributed by atoms with Crippen LogP contribution in [0.4, 0.5) is 5.69 Å². The molecule has 1 saturated carbocycles. The van der Waals surface area contributed by atoms with Gasteiger partial charge in [0.05, 0.1) is 16.6 Å². The maximum atomic E-state index is 13.0. The molecule has 1 atom stereocenters. The number of amides is 1. The van der Waals surface area contributed by atoms with Crippen molar-refractivity contribution in [3.63, 3.8) is 0 Å². The summed E-state index contributed by atoms with van der Waals surface area (Å²) in [5.74, 6) is -0.0819. The third-order valence-corrected chi connectivity index (χ3v) is 8.15. The minimum Gasteiger partial charge on any atom is -0.374 e. The van der Waals surface area contributed by atoms with Gasteiger partial charge in [-0.15, -0.1) is 0 Å². The molecule has 1 aromatic carbocycles. The van der Waals surface area contributed by atoms with E-state index in [2.05, 4.69) is 19.9 Å². The zero-order valence-electron chi connectivity index (χ0n) is 18.8. The molecule has 1 aliphatic heterocycles. The number of fused-ring (bicyclic) bond motifs is 1. The van der Waals surface area contributed by atoms with Crippen molar-refractivity contribution in [2.75, 3.05) is 18.5 Å². The van der Waals surface area contributed by atoms with Gasteiger partial charge in [0, 0.05) is 37.4 Å². The number of nitrogens with zero attached hydrogens (tertiary/aromatic N) is 2. The molecule has 0 saturated heterocycles. The number of pyridine rings is 1. The summed E-state index contributed by atoms with van der Waals surface area (Å²) < 4.78 is 28.9. The van der Waals surface area contributed by atoms with Crippen LogP contribution in [0.15, 0.2) is 47.5 Å².